The van der Waals surface area contributed by atoms with Gasteiger partial charge in [0.05, 0.1) is 0 Å². The topological polar surface area (TPSA) is 37.4 Å². The Hall–Kier alpha value is -1.12. The molecule has 0 aliphatic carbocycles. The Morgan fingerprint density at radius 3 is 2.85 bits per heavy atom. The van der Waals surface area contributed by atoms with Crippen LogP contribution >= 0.6 is 0 Å². The van der Waals surface area contributed by atoms with Crippen LogP contribution in [-0.2, 0) is 9.59 Å². The Kier molecular flexibility index (Phi) is 4.23. The number of hydrogen-bond donors (Lipinski definition) is 0. The first kappa shape index (κ1) is 9.96. The Labute approximate surface area is 78.4 Å². The van der Waals surface area contributed by atoms with E-state index in [4.69, 9.17) is 0 Å². The highest BCUT2D eigenvalue weighted by molar-refractivity contribution is 5.89. The summed E-state index contributed by atoms with van der Waals surface area (Å²) in [6.07, 6.45) is 8.07. The highest BCUT2D eigenvalue weighted by Crippen LogP contribution is 2.05. The Morgan fingerprint density at radius 1 is 1.38 bits per heavy atom. The molecule has 1 aliphatic rings. The maximum atomic E-state index is 11.1. The fourth-order valence-electron chi connectivity index (χ4n) is 1.38. The van der Waals surface area contributed by atoms with Gasteiger partial charge < -0.3 is 9.69 Å². The quantitative estimate of drug-likeness (QED) is 0.455. The van der Waals surface area contributed by atoms with E-state index in [1.54, 1.807) is 6.08 Å². The van der Waals surface area contributed by atoms with Crippen LogP contribution in [0, 0.1) is 0 Å². The first-order valence-electron chi connectivity index (χ1n) is 4.73. The summed E-state index contributed by atoms with van der Waals surface area (Å²) in [5.41, 5.74) is 0. The lowest BCUT2D eigenvalue weighted by atomic mass is 10.2. The third kappa shape index (κ3) is 3.40. The second-order valence-corrected chi connectivity index (χ2v) is 3.20. The molecule has 0 N–H and O–H groups in total. The maximum Gasteiger partial charge on any atom is 0.246 e. The SMILES string of the molecule is O=CCCCCCN1CC=CC1=O. The van der Waals surface area contributed by atoms with Crippen molar-refractivity contribution in [1.82, 2.24) is 4.90 Å². The lowest BCUT2D eigenvalue weighted by molar-refractivity contribution is -0.124. The van der Waals surface area contributed by atoms with Gasteiger partial charge in [-0.15, -0.1) is 0 Å². The van der Waals surface area contributed by atoms with Crippen LogP contribution in [0.5, 0.6) is 0 Å². The molecule has 0 saturated heterocycles. The van der Waals surface area contributed by atoms with Crippen molar-refractivity contribution in [2.45, 2.75) is 25.7 Å². The van der Waals surface area contributed by atoms with Gasteiger partial charge in [-0.05, 0) is 12.8 Å². The van der Waals surface area contributed by atoms with Gasteiger partial charge in [-0.3, -0.25) is 4.79 Å². The minimum absolute atomic E-state index is 0.121. The van der Waals surface area contributed by atoms with E-state index in [9.17, 15) is 9.59 Å². The van der Waals surface area contributed by atoms with Crippen molar-refractivity contribution in [3.8, 4) is 0 Å². The molecule has 0 saturated carbocycles. The number of rotatable bonds is 6. The van der Waals surface area contributed by atoms with Gasteiger partial charge in [-0.2, -0.15) is 0 Å². The minimum Gasteiger partial charge on any atom is -0.335 e. The number of carbonyl (C=O) groups excluding carboxylic acids is 2. The fourth-order valence-corrected chi connectivity index (χ4v) is 1.38. The molecule has 3 heteroatoms. The van der Waals surface area contributed by atoms with E-state index in [1.165, 1.54) is 0 Å². The van der Waals surface area contributed by atoms with Crippen LogP contribution in [0.3, 0.4) is 0 Å². The first-order valence-corrected chi connectivity index (χ1v) is 4.73. The van der Waals surface area contributed by atoms with Gasteiger partial charge in [0.15, 0.2) is 0 Å². The molecule has 0 atom stereocenters. The molecule has 1 heterocycles. The number of amides is 1. The highest BCUT2D eigenvalue weighted by Gasteiger charge is 2.12. The zero-order valence-electron chi connectivity index (χ0n) is 7.74. The van der Waals surface area contributed by atoms with Gasteiger partial charge in [0, 0.05) is 25.6 Å². The largest absolute Gasteiger partial charge is 0.335 e. The van der Waals surface area contributed by atoms with Crippen LogP contribution in [0.15, 0.2) is 12.2 Å². The third-order valence-electron chi connectivity index (χ3n) is 2.15. The van der Waals surface area contributed by atoms with Crippen molar-refractivity contribution < 1.29 is 9.59 Å². The standard InChI is InChI=1S/C10H15NO2/c12-9-4-2-1-3-7-11-8-5-6-10(11)13/h5-6,9H,1-4,7-8H2. The van der Waals surface area contributed by atoms with E-state index < -0.39 is 0 Å². The molecule has 0 fully saturated rings. The molecule has 72 valence electrons. The molecule has 0 aromatic heterocycles. The molecule has 0 aromatic carbocycles. The second-order valence-electron chi connectivity index (χ2n) is 3.20. The summed E-state index contributed by atoms with van der Waals surface area (Å²) in [6.45, 7) is 1.58. The molecule has 3 nitrogen and oxygen atoms in total. The van der Waals surface area contributed by atoms with Gasteiger partial charge in [-0.25, -0.2) is 0 Å². The van der Waals surface area contributed by atoms with Gasteiger partial charge in [0.2, 0.25) is 5.91 Å². The van der Waals surface area contributed by atoms with E-state index in [2.05, 4.69) is 0 Å². The zero-order chi connectivity index (χ0) is 9.52. The smallest absolute Gasteiger partial charge is 0.246 e. The van der Waals surface area contributed by atoms with Crippen LogP contribution in [0.2, 0.25) is 0 Å². The molecular weight excluding hydrogens is 166 g/mol. The van der Waals surface area contributed by atoms with E-state index in [-0.39, 0.29) is 5.91 Å². The number of nitrogens with zero attached hydrogens (tertiary/aromatic N) is 1. The van der Waals surface area contributed by atoms with Gasteiger partial charge in [0.1, 0.15) is 6.29 Å². The maximum absolute atomic E-state index is 11.1. The van der Waals surface area contributed by atoms with Crippen LogP contribution in [-0.4, -0.2) is 30.2 Å². The number of aldehydes is 1. The van der Waals surface area contributed by atoms with Crippen LogP contribution in [0.4, 0.5) is 0 Å². The molecule has 1 rings (SSSR count). The van der Waals surface area contributed by atoms with Crippen molar-refractivity contribution in [1.29, 1.82) is 0 Å². The molecule has 1 amide bonds. The lowest BCUT2D eigenvalue weighted by Gasteiger charge is -2.14. The average molecular weight is 181 g/mol. The first-order chi connectivity index (χ1) is 6.34. The normalized spacial score (nSPS) is 15.4. The Balaban J connectivity index is 2.00. The van der Waals surface area contributed by atoms with Crippen molar-refractivity contribution in [3.63, 3.8) is 0 Å². The summed E-state index contributed by atoms with van der Waals surface area (Å²) in [6, 6.07) is 0. The van der Waals surface area contributed by atoms with Crippen LogP contribution in [0.25, 0.3) is 0 Å². The molecule has 0 aromatic rings. The molecule has 0 radical (unpaired) electrons. The summed E-state index contributed by atoms with van der Waals surface area (Å²) in [4.78, 5) is 22.9. The zero-order valence-corrected chi connectivity index (χ0v) is 7.74. The average Bonchev–Trinajstić information content (AvgIpc) is 2.52. The van der Waals surface area contributed by atoms with Gasteiger partial charge in [-0.1, -0.05) is 12.5 Å². The Morgan fingerprint density at radius 2 is 2.23 bits per heavy atom. The minimum atomic E-state index is 0.121. The predicted molar refractivity (Wildman–Crippen MR) is 50.3 cm³/mol. The third-order valence-corrected chi connectivity index (χ3v) is 2.15. The highest BCUT2D eigenvalue weighted by atomic mass is 16.2. The van der Waals surface area contributed by atoms with Crippen molar-refractivity contribution >= 4 is 12.2 Å². The summed E-state index contributed by atoms with van der Waals surface area (Å²) in [5.74, 6) is 0.121. The molecule has 0 unspecified atom stereocenters. The number of unbranched alkanes of at least 4 members (excludes halogenated alkanes) is 3. The predicted octanol–water partition coefficient (Wildman–Crippen LogP) is 1.14. The second kappa shape index (κ2) is 5.51. The molecule has 1 aliphatic heterocycles. The summed E-state index contributed by atoms with van der Waals surface area (Å²) in [7, 11) is 0. The number of carbonyl (C=O) groups is 2. The Bertz CT molecular complexity index is 211. The summed E-state index contributed by atoms with van der Waals surface area (Å²) in [5, 5.41) is 0. The van der Waals surface area contributed by atoms with Gasteiger partial charge >= 0.3 is 0 Å². The lowest BCUT2D eigenvalue weighted by Crippen LogP contribution is -2.26. The van der Waals surface area contributed by atoms with E-state index in [1.807, 2.05) is 11.0 Å². The van der Waals surface area contributed by atoms with Crippen LogP contribution in [0.1, 0.15) is 25.7 Å². The summed E-state index contributed by atoms with van der Waals surface area (Å²) >= 11 is 0. The van der Waals surface area contributed by atoms with E-state index in [0.29, 0.717) is 6.42 Å². The van der Waals surface area contributed by atoms with E-state index in [0.717, 1.165) is 38.6 Å². The molecule has 0 spiro atoms. The van der Waals surface area contributed by atoms with E-state index >= 15 is 0 Å². The fraction of sp³-hybridized carbons (Fsp3) is 0.600. The molecule has 13 heavy (non-hydrogen) atoms. The van der Waals surface area contributed by atoms with Crippen molar-refractivity contribution in [2.24, 2.45) is 0 Å². The monoisotopic (exact) mass is 181 g/mol. The molecule has 0 bridgehead atoms. The molecular formula is C10H15NO2. The van der Waals surface area contributed by atoms with Crippen LogP contribution < -0.4 is 0 Å². The number of hydrogen-bond acceptors (Lipinski definition) is 2. The van der Waals surface area contributed by atoms with Crippen molar-refractivity contribution in [2.75, 3.05) is 13.1 Å². The summed E-state index contributed by atoms with van der Waals surface area (Å²) < 4.78 is 0. The van der Waals surface area contributed by atoms with Crippen molar-refractivity contribution in [3.05, 3.63) is 12.2 Å². The van der Waals surface area contributed by atoms with Gasteiger partial charge in [0.25, 0.3) is 0 Å².